The summed E-state index contributed by atoms with van der Waals surface area (Å²) in [6.07, 6.45) is 2.66. The van der Waals surface area contributed by atoms with Gasteiger partial charge in [0.15, 0.2) is 22.8 Å². The average molecular weight is 920 g/mol. The van der Waals surface area contributed by atoms with Crippen LogP contribution in [0.25, 0.3) is 11.2 Å². The Kier molecular flexibility index (Phi) is 19.7. The Balaban J connectivity index is 1.43. The van der Waals surface area contributed by atoms with Crippen LogP contribution >= 0.6 is 35.2 Å². The second-order valence-corrected chi connectivity index (χ2v) is 19.2. The van der Waals surface area contributed by atoms with E-state index in [0.717, 1.165) is 48.2 Å². The summed E-state index contributed by atoms with van der Waals surface area (Å²) in [6.45, 7) is 2.66. The molecule has 1 fully saturated rings. The number of nitrogens with zero attached hydrogens (tertiary/aromatic N) is 4. The summed E-state index contributed by atoms with van der Waals surface area (Å²) >= 11 is 1.11. The molecule has 0 aliphatic carbocycles. The fourth-order valence-electron chi connectivity index (χ4n) is 5.32. The van der Waals surface area contributed by atoms with Gasteiger partial charge in [-0.3, -0.25) is 32.5 Å². The number of rotatable bonds is 26. The molecule has 0 bridgehead atoms. The number of aliphatic hydroxyl groups excluding tert-OH is 2. The van der Waals surface area contributed by atoms with Crippen molar-refractivity contribution >= 4 is 69.1 Å². The molecule has 0 saturated carbocycles. The zero-order chi connectivity index (χ0) is 44.0. The maximum absolute atomic E-state index is 12.7. The van der Waals surface area contributed by atoms with E-state index >= 15 is 0 Å². The number of hydrogen-bond acceptors (Lipinski definition) is 18. The number of imidazole rings is 1. The first-order valence-electron chi connectivity index (χ1n) is 18.3. The number of fused-ring (bicyclic) bond motifs is 1. The molecule has 1 aliphatic rings. The number of unbranched alkanes of at least 4 members (excludes halogenated alkanes) is 3. The van der Waals surface area contributed by atoms with E-state index in [4.69, 9.17) is 19.5 Å². The highest BCUT2D eigenvalue weighted by molar-refractivity contribution is 8.13. The number of nitrogens with one attached hydrogen (secondary N) is 2. The fraction of sp³-hybridized carbons (Fsp3) is 0.677. The largest absolute Gasteiger partial charge is 0.481 e. The summed E-state index contributed by atoms with van der Waals surface area (Å²) in [7, 11) is -16.4. The third-order valence-corrected chi connectivity index (χ3v) is 12.5. The molecular weight excluding hydrogens is 867 g/mol. The van der Waals surface area contributed by atoms with Gasteiger partial charge in [-0.15, -0.1) is 0 Å². The number of nitrogens with two attached hydrogens (primary N) is 1. The number of phosphoric acid groups is 3. The number of aliphatic hydroxyl groups is 2. The van der Waals surface area contributed by atoms with E-state index in [1.807, 2.05) is 6.08 Å². The zero-order valence-electron chi connectivity index (χ0n) is 32.5. The van der Waals surface area contributed by atoms with Gasteiger partial charge in [0.2, 0.25) is 11.8 Å². The number of amides is 2. The van der Waals surface area contributed by atoms with Crippen molar-refractivity contribution in [2.45, 2.75) is 96.4 Å². The molecular formula is C31H52N7O17P3S. The number of phosphoric ester groups is 3. The molecule has 0 radical (unpaired) electrons. The molecule has 59 heavy (non-hydrogen) atoms. The van der Waals surface area contributed by atoms with E-state index in [1.54, 1.807) is 0 Å². The average Bonchev–Trinajstić information content (AvgIpc) is 3.71. The van der Waals surface area contributed by atoms with Crippen LogP contribution in [0.1, 0.15) is 71.9 Å². The Morgan fingerprint density at radius 3 is 2.41 bits per heavy atom. The smallest absolute Gasteiger partial charge is 0.386 e. The highest BCUT2D eigenvalue weighted by atomic mass is 32.2. The summed E-state index contributed by atoms with van der Waals surface area (Å²) in [5.74, 6) is -1.07. The lowest BCUT2D eigenvalue weighted by molar-refractivity contribution is -0.137. The van der Waals surface area contributed by atoms with Crippen molar-refractivity contribution in [1.29, 1.82) is 0 Å². The summed E-state index contributed by atoms with van der Waals surface area (Å²) in [5.41, 5.74) is 4.27. The van der Waals surface area contributed by atoms with Crippen LogP contribution in [0.3, 0.4) is 0 Å². The van der Waals surface area contributed by atoms with Gasteiger partial charge in [0, 0.05) is 37.1 Å². The molecule has 7 atom stereocenters. The molecule has 3 rings (SSSR count). The molecule has 0 aromatic carbocycles. The van der Waals surface area contributed by atoms with Crippen LogP contribution in [0, 0.1) is 5.41 Å². The number of carbonyl (C=O) groups excluding carboxylic acids is 3. The molecule has 2 aromatic rings. The Hall–Kier alpha value is -2.70. The van der Waals surface area contributed by atoms with Gasteiger partial charge in [0.25, 0.3) is 0 Å². The van der Waals surface area contributed by atoms with Gasteiger partial charge in [-0.2, -0.15) is 4.31 Å². The SMILES string of the molecule is CCCCCC=CCCC(=O)SCCNC(=O)CCNC(=O)[C@H](O)C(C)(C)COP(=O)(O)OP(=O)(O)OC[C@H]1O[C@@H](n2cnc3c(N)ncnc32)[C@H](O)[C@@H]1OP(=O)(O)O. The molecule has 0 spiro atoms. The minimum absolute atomic E-state index is 0.00869. The van der Waals surface area contributed by atoms with Crippen LogP contribution in [0.15, 0.2) is 24.8 Å². The molecule has 24 nitrogen and oxygen atoms in total. The normalized spacial score (nSPS) is 21.3. The summed E-state index contributed by atoms with van der Waals surface area (Å²) in [6, 6.07) is 0. The molecule has 1 aliphatic heterocycles. The predicted molar refractivity (Wildman–Crippen MR) is 210 cm³/mol. The standard InChI is InChI=1S/C31H52N7O17P3S/c1-4-5-6-7-8-9-10-11-22(40)59-15-14-33-21(39)12-13-34-29(43)26(42)31(2,3)17-52-58(49,50)55-57(47,48)51-16-20-25(54-56(44,45)46)24(41)30(53-20)38-19-37-23-27(32)35-18-36-28(23)38/h8-9,18-20,24-26,30,41-42H,4-7,10-17H2,1-3H3,(H,33,39)(H,34,43)(H,47,48)(H,49,50)(H2,32,35,36)(H2,44,45,46)/t20-,24-,25-,26+,30-/m1/s1. The fourth-order valence-corrected chi connectivity index (χ4v) is 8.84. The van der Waals surface area contributed by atoms with Crippen LogP contribution in [-0.4, -0.2) is 123 Å². The van der Waals surface area contributed by atoms with Crippen LogP contribution in [0.4, 0.5) is 5.82 Å². The van der Waals surface area contributed by atoms with E-state index in [0.29, 0.717) is 18.6 Å². The number of carbonyl (C=O) groups is 3. The van der Waals surface area contributed by atoms with Crippen molar-refractivity contribution < 1.29 is 80.5 Å². The molecule has 2 unspecified atom stereocenters. The topological polar surface area (TPSA) is 364 Å². The quantitative estimate of drug-likeness (QED) is 0.0367. The Labute approximate surface area is 343 Å². The molecule has 2 aromatic heterocycles. The molecule has 2 amide bonds. The summed E-state index contributed by atoms with van der Waals surface area (Å²) in [5, 5.41) is 26.5. The van der Waals surface area contributed by atoms with E-state index in [-0.39, 0.29) is 41.6 Å². The van der Waals surface area contributed by atoms with Gasteiger partial charge in [-0.05, 0) is 19.3 Å². The van der Waals surface area contributed by atoms with Crippen molar-refractivity contribution in [3.8, 4) is 0 Å². The maximum Gasteiger partial charge on any atom is 0.481 e. The number of anilines is 1. The van der Waals surface area contributed by atoms with E-state index < -0.39 is 84.6 Å². The minimum atomic E-state index is -5.57. The number of aromatic nitrogens is 4. The molecule has 3 heterocycles. The van der Waals surface area contributed by atoms with E-state index in [2.05, 4.69) is 47.4 Å². The lowest BCUT2D eigenvalue weighted by Gasteiger charge is -2.30. The van der Waals surface area contributed by atoms with Crippen molar-refractivity contribution in [2.24, 2.45) is 5.41 Å². The number of ether oxygens (including phenoxy) is 1. The second-order valence-electron chi connectivity index (χ2n) is 13.8. The summed E-state index contributed by atoms with van der Waals surface area (Å²) in [4.78, 5) is 87.8. The van der Waals surface area contributed by atoms with Crippen molar-refractivity contribution in [3.63, 3.8) is 0 Å². The van der Waals surface area contributed by atoms with Crippen molar-refractivity contribution in [2.75, 3.05) is 37.8 Å². The first-order chi connectivity index (χ1) is 27.6. The molecule has 28 heteroatoms. The highest BCUT2D eigenvalue weighted by Crippen LogP contribution is 2.61. The van der Waals surface area contributed by atoms with Crippen LogP contribution in [-0.2, 0) is 50.7 Å². The van der Waals surface area contributed by atoms with Crippen molar-refractivity contribution in [1.82, 2.24) is 30.2 Å². The zero-order valence-corrected chi connectivity index (χ0v) is 36.0. The van der Waals surface area contributed by atoms with Gasteiger partial charge in [-0.25, -0.2) is 28.6 Å². The van der Waals surface area contributed by atoms with Crippen molar-refractivity contribution in [3.05, 3.63) is 24.8 Å². The van der Waals surface area contributed by atoms with E-state index in [9.17, 15) is 57.9 Å². The Morgan fingerprint density at radius 2 is 1.71 bits per heavy atom. The number of allylic oxidation sites excluding steroid dienone is 2. The third kappa shape index (κ3) is 16.9. The monoisotopic (exact) mass is 919 g/mol. The molecule has 10 N–H and O–H groups in total. The lowest BCUT2D eigenvalue weighted by Crippen LogP contribution is -2.46. The first kappa shape index (κ1) is 50.7. The Bertz CT molecular complexity index is 1900. The van der Waals surface area contributed by atoms with Crippen LogP contribution in [0.2, 0.25) is 0 Å². The predicted octanol–water partition coefficient (Wildman–Crippen LogP) is 1.58. The number of thioether (sulfide) groups is 1. The van der Waals surface area contributed by atoms with E-state index in [1.165, 1.54) is 20.3 Å². The number of nitrogen functional groups attached to an aromatic ring is 1. The van der Waals surface area contributed by atoms with Gasteiger partial charge >= 0.3 is 23.5 Å². The third-order valence-electron chi connectivity index (χ3n) is 8.42. The van der Waals surface area contributed by atoms with Gasteiger partial charge in [0.05, 0.1) is 19.5 Å². The molecule has 334 valence electrons. The van der Waals surface area contributed by atoms with Gasteiger partial charge < -0.3 is 50.9 Å². The second kappa shape index (κ2) is 22.9. The van der Waals surface area contributed by atoms with Crippen LogP contribution in [0.5, 0.6) is 0 Å². The van der Waals surface area contributed by atoms with Crippen LogP contribution < -0.4 is 16.4 Å². The minimum Gasteiger partial charge on any atom is -0.386 e. The molecule has 1 saturated heterocycles. The first-order valence-corrected chi connectivity index (χ1v) is 23.8. The van der Waals surface area contributed by atoms with Gasteiger partial charge in [-0.1, -0.05) is 57.5 Å². The highest BCUT2D eigenvalue weighted by Gasteiger charge is 2.50. The van der Waals surface area contributed by atoms with Gasteiger partial charge in [0.1, 0.15) is 36.3 Å². The summed E-state index contributed by atoms with van der Waals surface area (Å²) < 4.78 is 62.2. The lowest BCUT2D eigenvalue weighted by atomic mass is 9.87. The maximum atomic E-state index is 12.7. The Morgan fingerprint density at radius 1 is 1.02 bits per heavy atom. The number of hydrogen-bond donors (Lipinski definition) is 9.